The average Bonchev–Trinajstić information content (AvgIpc) is 3.16. The summed E-state index contributed by atoms with van der Waals surface area (Å²) in [6, 6.07) is 10.6. The molecular formula is C34H40Cl2FN5O3Si. The second kappa shape index (κ2) is 11.6. The van der Waals surface area contributed by atoms with Crippen molar-refractivity contribution in [1.82, 2.24) is 19.9 Å². The highest BCUT2D eigenvalue weighted by Gasteiger charge is 2.53. The van der Waals surface area contributed by atoms with E-state index in [9.17, 15) is 4.79 Å². The fraction of sp³-hybridized carbons (Fsp3) is 0.471. The van der Waals surface area contributed by atoms with E-state index in [0.29, 0.717) is 46.7 Å². The number of hydrogen-bond acceptors (Lipinski definition) is 7. The lowest BCUT2D eigenvalue weighted by molar-refractivity contribution is 0.00677. The number of ether oxygens (including phenoxy) is 1. The van der Waals surface area contributed by atoms with Crippen molar-refractivity contribution in [3.05, 3.63) is 58.7 Å². The molecule has 2 bridgehead atoms. The number of hydrogen-bond donors (Lipinski definition) is 0. The molecule has 244 valence electrons. The van der Waals surface area contributed by atoms with Crippen LogP contribution in [0.2, 0.25) is 28.4 Å². The molecule has 8 nitrogen and oxygen atoms in total. The zero-order valence-corrected chi connectivity index (χ0v) is 30.0. The van der Waals surface area contributed by atoms with Crippen LogP contribution in [0, 0.1) is 5.82 Å². The van der Waals surface area contributed by atoms with Gasteiger partial charge in [-0.2, -0.15) is 4.98 Å². The molecule has 2 aliphatic heterocycles. The van der Waals surface area contributed by atoms with Gasteiger partial charge in [0, 0.05) is 35.3 Å². The van der Waals surface area contributed by atoms with Crippen LogP contribution in [0.1, 0.15) is 48.0 Å². The number of carbonyl (C=O) groups is 1. The number of halogens is 3. The maximum absolute atomic E-state index is 16.4. The maximum atomic E-state index is 16.4. The van der Waals surface area contributed by atoms with E-state index in [4.69, 9.17) is 32.4 Å². The van der Waals surface area contributed by atoms with E-state index < -0.39 is 19.7 Å². The van der Waals surface area contributed by atoms with Gasteiger partial charge in [-0.05, 0) is 68.4 Å². The summed E-state index contributed by atoms with van der Waals surface area (Å²) in [5.74, 6) is -0.138. The summed E-state index contributed by atoms with van der Waals surface area (Å²) in [7, 11) is -2.18. The van der Waals surface area contributed by atoms with Gasteiger partial charge in [0.1, 0.15) is 22.6 Å². The first-order chi connectivity index (χ1) is 21.4. The molecule has 46 heavy (non-hydrogen) atoms. The van der Waals surface area contributed by atoms with Crippen molar-refractivity contribution in [3.8, 4) is 11.3 Å². The molecule has 4 aromatic rings. The van der Waals surface area contributed by atoms with E-state index in [0.717, 1.165) is 5.39 Å². The van der Waals surface area contributed by atoms with Gasteiger partial charge in [0.2, 0.25) is 5.28 Å². The molecule has 3 unspecified atom stereocenters. The zero-order chi connectivity index (χ0) is 33.3. The lowest BCUT2D eigenvalue weighted by atomic mass is 10.0. The first-order valence-corrected chi connectivity index (χ1v) is 19.2. The Morgan fingerprint density at radius 2 is 1.72 bits per heavy atom. The van der Waals surface area contributed by atoms with E-state index in [1.54, 1.807) is 18.3 Å². The Bertz CT molecular complexity index is 1840. The van der Waals surface area contributed by atoms with Crippen molar-refractivity contribution in [2.24, 2.45) is 0 Å². The minimum Gasteiger partial charge on any atom is -0.444 e. The topological polar surface area (TPSA) is 80.7 Å². The van der Waals surface area contributed by atoms with Gasteiger partial charge in [0.25, 0.3) is 0 Å². The van der Waals surface area contributed by atoms with Crippen LogP contribution in [0.25, 0.3) is 32.9 Å². The molecule has 0 N–H and O–H groups in total. The molecular weight excluding hydrogens is 644 g/mol. The highest BCUT2D eigenvalue weighted by Crippen LogP contribution is 2.43. The van der Waals surface area contributed by atoms with Crippen LogP contribution in [0.5, 0.6) is 0 Å². The number of aromatic nitrogens is 3. The van der Waals surface area contributed by atoms with Crippen LogP contribution in [-0.4, -0.2) is 71.1 Å². The van der Waals surface area contributed by atoms with Crippen molar-refractivity contribution >= 4 is 65.1 Å². The first kappa shape index (κ1) is 32.9. The molecule has 0 spiro atoms. The third kappa shape index (κ3) is 5.93. The smallest absolute Gasteiger partial charge is 0.411 e. The van der Waals surface area contributed by atoms with Gasteiger partial charge >= 0.3 is 6.09 Å². The van der Waals surface area contributed by atoms with E-state index in [-0.39, 0.29) is 45.8 Å². The molecule has 0 radical (unpaired) electrons. The highest BCUT2D eigenvalue weighted by atomic mass is 35.5. The lowest BCUT2D eigenvalue weighted by Crippen LogP contribution is -2.59. The van der Waals surface area contributed by atoms with Crippen LogP contribution < -0.4 is 4.90 Å². The molecule has 0 aliphatic carbocycles. The average molecular weight is 685 g/mol. The zero-order valence-electron chi connectivity index (χ0n) is 27.5. The number of fused-ring (bicyclic) bond motifs is 4. The largest absolute Gasteiger partial charge is 0.444 e. The number of nitrogens with zero attached hydrogens (tertiary/aromatic N) is 5. The third-order valence-corrected chi connectivity index (χ3v) is 14.4. The SMILES string of the molecule is CC(C)(C)OC(=O)N1C2CC(O[Si](C)(C)C(C)(C)C)C1CN(c1nc(Cl)nc3c(F)c(-c4cccc5cccc(Cl)c45)ncc13)C2. The second-order valence-electron chi connectivity index (χ2n) is 14.8. The number of piperazine rings is 1. The van der Waals surface area contributed by atoms with Crippen LogP contribution in [0.4, 0.5) is 15.0 Å². The Labute approximate surface area is 280 Å². The summed E-state index contributed by atoms with van der Waals surface area (Å²) in [5, 5.41) is 2.44. The van der Waals surface area contributed by atoms with Gasteiger partial charge in [-0.3, -0.25) is 9.88 Å². The van der Waals surface area contributed by atoms with Crippen molar-refractivity contribution in [2.75, 3.05) is 18.0 Å². The van der Waals surface area contributed by atoms with E-state index in [2.05, 4.69) is 53.7 Å². The molecule has 2 aromatic heterocycles. The Morgan fingerprint density at radius 3 is 2.39 bits per heavy atom. The molecule has 2 aromatic carbocycles. The van der Waals surface area contributed by atoms with Gasteiger partial charge in [-0.15, -0.1) is 0 Å². The van der Waals surface area contributed by atoms with Crippen molar-refractivity contribution in [2.45, 2.75) is 89.9 Å². The van der Waals surface area contributed by atoms with E-state index in [1.165, 1.54) is 0 Å². The minimum absolute atomic E-state index is 0.00821. The maximum Gasteiger partial charge on any atom is 0.411 e. The Kier molecular flexibility index (Phi) is 8.27. The number of benzene rings is 2. The molecule has 2 fully saturated rings. The van der Waals surface area contributed by atoms with Gasteiger partial charge in [0.05, 0.1) is 23.6 Å². The molecule has 12 heteroatoms. The summed E-state index contributed by atoms with van der Waals surface area (Å²) in [4.78, 5) is 30.9. The predicted octanol–water partition coefficient (Wildman–Crippen LogP) is 8.88. The molecule has 3 atom stereocenters. The predicted molar refractivity (Wildman–Crippen MR) is 185 cm³/mol. The number of amides is 1. The van der Waals surface area contributed by atoms with Gasteiger partial charge in [-0.25, -0.2) is 14.2 Å². The van der Waals surface area contributed by atoms with Crippen molar-refractivity contribution in [3.63, 3.8) is 0 Å². The van der Waals surface area contributed by atoms with Gasteiger partial charge in [-0.1, -0.05) is 62.7 Å². The molecule has 2 aliphatic rings. The summed E-state index contributed by atoms with van der Waals surface area (Å²) in [5.41, 5.74) is 0.118. The minimum atomic E-state index is -2.18. The molecule has 2 saturated heterocycles. The molecule has 6 rings (SSSR count). The molecule has 4 heterocycles. The van der Waals surface area contributed by atoms with Gasteiger partial charge < -0.3 is 14.1 Å². The standard InChI is InChI=1S/C34H40Cl2FN5O3Si/c1-33(2,3)44-32(43)42-20-15-25(45-46(7,8)34(4,5)6)24(42)18-41(17-20)30-22-16-38-28(27(37)29(22)39-31(36)40-30)21-13-9-11-19-12-10-14-23(35)26(19)21/h9-14,16,20,24-25H,15,17-18H2,1-8H3. The lowest BCUT2D eigenvalue weighted by Gasteiger charge is -2.44. The fourth-order valence-corrected chi connectivity index (χ4v) is 8.11. The van der Waals surface area contributed by atoms with Gasteiger partial charge in [0.15, 0.2) is 14.1 Å². The van der Waals surface area contributed by atoms with E-state index >= 15 is 4.39 Å². The van der Waals surface area contributed by atoms with Crippen LogP contribution >= 0.6 is 23.2 Å². The number of anilines is 1. The first-order valence-electron chi connectivity index (χ1n) is 15.6. The van der Waals surface area contributed by atoms with Crippen LogP contribution in [-0.2, 0) is 9.16 Å². The molecule has 1 amide bonds. The third-order valence-electron chi connectivity index (χ3n) is 9.42. The summed E-state index contributed by atoms with van der Waals surface area (Å²) >= 11 is 13.0. The van der Waals surface area contributed by atoms with E-state index in [1.807, 2.05) is 49.9 Å². The number of rotatable bonds is 4. The number of pyridine rings is 1. The summed E-state index contributed by atoms with van der Waals surface area (Å²) < 4.78 is 29.2. The van der Waals surface area contributed by atoms with Crippen molar-refractivity contribution < 1.29 is 18.3 Å². The Hall–Kier alpha value is -3.05. The summed E-state index contributed by atoms with van der Waals surface area (Å²) in [6.07, 6.45) is 1.70. The summed E-state index contributed by atoms with van der Waals surface area (Å²) in [6.45, 7) is 17.5. The highest BCUT2D eigenvalue weighted by molar-refractivity contribution is 6.74. The van der Waals surface area contributed by atoms with Crippen LogP contribution in [0.3, 0.4) is 0 Å². The monoisotopic (exact) mass is 683 g/mol. The van der Waals surface area contributed by atoms with Crippen molar-refractivity contribution in [1.29, 1.82) is 0 Å². The Balaban J connectivity index is 1.40. The number of carbonyl (C=O) groups excluding carboxylic acids is 1. The quantitative estimate of drug-likeness (QED) is 0.157. The second-order valence-corrected chi connectivity index (χ2v) is 20.3. The van der Waals surface area contributed by atoms with Crippen LogP contribution in [0.15, 0.2) is 42.6 Å². The Morgan fingerprint density at radius 1 is 1.02 bits per heavy atom. The normalized spacial score (nSPS) is 20.5. The fourth-order valence-electron chi connectivity index (χ4n) is 6.30. The molecule has 0 saturated carbocycles.